The van der Waals surface area contributed by atoms with Crippen molar-refractivity contribution in [2.24, 2.45) is 5.92 Å². The number of H-pyrrole nitrogens is 1. The second kappa shape index (κ2) is 7.24. The highest BCUT2D eigenvalue weighted by molar-refractivity contribution is 9.10. The molecule has 1 aliphatic rings. The normalized spacial score (nSPS) is 20.5. The molecule has 2 unspecified atom stereocenters. The quantitative estimate of drug-likeness (QED) is 0.641. The molecule has 0 aliphatic carbocycles. The van der Waals surface area contributed by atoms with Gasteiger partial charge in [0, 0.05) is 17.1 Å². The van der Waals surface area contributed by atoms with Crippen LogP contribution in [0, 0.1) is 5.92 Å². The second-order valence-electron chi connectivity index (χ2n) is 7.78. The summed E-state index contributed by atoms with van der Waals surface area (Å²) in [5, 5.41) is 0.682. The molecule has 3 rings (SSSR count). The number of hydrogen-bond donors (Lipinski definition) is 1. The fraction of sp³-hybridized carbons (Fsp3) is 0.474. The predicted octanol–water partition coefficient (Wildman–Crippen LogP) is 5.81. The number of aromatic amines is 1. The zero-order valence-corrected chi connectivity index (χ0v) is 17.7. The fourth-order valence-electron chi connectivity index (χ4n) is 3.15. The number of likely N-dealkylation sites (tertiary alicyclic amines) is 1. The molecule has 2 atom stereocenters. The molecule has 0 bridgehead atoms. The SMILES string of the molecule is CC1CC(c2nc(-c3ccc(Cl)cc3)c(Br)[nH]2)N(C(=O)OC(C)(C)C)C1. The van der Waals surface area contributed by atoms with E-state index in [9.17, 15) is 4.79 Å². The molecule has 7 heteroatoms. The molecule has 1 aromatic heterocycles. The lowest BCUT2D eigenvalue weighted by atomic mass is 10.1. The van der Waals surface area contributed by atoms with E-state index >= 15 is 0 Å². The van der Waals surface area contributed by atoms with Gasteiger partial charge in [-0.3, -0.25) is 4.90 Å². The maximum Gasteiger partial charge on any atom is 0.410 e. The standard InChI is InChI=1S/C19H23BrClN3O2/c1-11-9-14(24(10-11)18(25)26-19(2,3)4)17-22-15(16(20)23-17)12-5-7-13(21)8-6-12/h5-8,11,14H,9-10H2,1-4H3,(H,22,23). The number of ether oxygens (including phenoxy) is 1. The van der Waals surface area contributed by atoms with Gasteiger partial charge in [0.1, 0.15) is 21.7 Å². The van der Waals surface area contributed by atoms with Gasteiger partial charge in [-0.05, 0) is 61.2 Å². The highest BCUT2D eigenvalue weighted by Gasteiger charge is 2.38. The van der Waals surface area contributed by atoms with Crippen molar-refractivity contribution in [2.45, 2.75) is 45.8 Å². The van der Waals surface area contributed by atoms with Gasteiger partial charge in [-0.2, -0.15) is 0 Å². The van der Waals surface area contributed by atoms with E-state index in [1.54, 1.807) is 4.90 Å². The average Bonchev–Trinajstić information content (AvgIpc) is 3.09. The van der Waals surface area contributed by atoms with Gasteiger partial charge in [0.15, 0.2) is 0 Å². The third-order valence-electron chi connectivity index (χ3n) is 4.25. The Morgan fingerprint density at radius 3 is 2.62 bits per heavy atom. The zero-order chi connectivity index (χ0) is 19.1. The number of carbonyl (C=O) groups is 1. The summed E-state index contributed by atoms with van der Waals surface area (Å²) in [6.45, 7) is 8.42. The molecule has 1 aromatic carbocycles. The predicted molar refractivity (Wildman–Crippen MR) is 106 cm³/mol. The fourth-order valence-corrected chi connectivity index (χ4v) is 3.80. The van der Waals surface area contributed by atoms with Crippen LogP contribution in [0.1, 0.15) is 46.0 Å². The van der Waals surface area contributed by atoms with Crippen LogP contribution in [-0.4, -0.2) is 33.1 Å². The smallest absolute Gasteiger partial charge is 0.410 e. The molecule has 5 nitrogen and oxygen atoms in total. The summed E-state index contributed by atoms with van der Waals surface area (Å²) >= 11 is 9.53. The third kappa shape index (κ3) is 4.23. The summed E-state index contributed by atoms with van der Waals surface area (Å²) in [5.41, 5.74) is 1.24. The topological polar surface area (TPSA) is 58.2 Å². The number of imidazole rings is 1. The first-order chi connectivity index (χ1) is 12.1. The Labute approximate surface area is 167 Å². The van der Waals surface area contributed by atoms with Crippen molar-refractivity contribution in [2.75, 3.05) is 6.54 Å². The molecule has 1 saturated heterocycles. The van der Waals surface area contributed by atoms with Crippen LogP contribution < -0.4 is 0 Å². The molecule has 1 N–H and O–H groups in total. The van der Waals surface area contributed by atoms with E-state index in [0.717, 1.165) is 28.1 Å². The van der Waals surface area contributed by atoms with Crippen LogP contribution in [0.25, 0.3) is 11.3 Å². The highest BCUT2D eigenvalue weighted by Crippen LogP contribution is 2.37. The Balaban J connectivity index is 1.88. The Bertz CT molecular complexity index is 798. The van der Waals surface area contributed by atoms with Crippen LogP contribution >= 0.6 is 27.5 Å². The summed E-state index contributed by atoms with van der Waals surface area (Å²) in [5.74, 6) is 1.15. The van der Waals surface area contributed by atoms with Crippen molar-refractivity contribution >= 4 is 33.6 Å². The molecule has 1 aliphatic heterocycles. The van der Waals surface area contributed by atoms with Gasteiger partial charge in [0.2, 0.25) is 0 Å². The van der Waals surface area contributed by atoms with E-state index in [1.165, 1.54) is 0 Å². The molecule has 0 spiro atoms. The van der Waals surface area contributed by atoms with Crippen LogP contribution in [0.2, 0.25) is 5.02 Å². The lowest BCUT2D eigenvalue weighted by Gasteiger charge is -2.27. The average molecular weight is 441 g/mol. The number of nitrogens with one attached hydrogen (secondary N) is 1. The molecule has 0 radical (unpaired) electrons. The molecule has 0 saturated carbocycles. The van der Waals surface area contributed by atoms with Crippen molar-refractivity contribution in [3.63, 3.8) is 0 Å². The van der Waals surface area contributed by atoms with Gasteiger partial charge in [-0.25, -0.2) is 9.78 Å². The Kier molecular flexibility index (Phi) is 5.35. The summed E-state index contributed by atoms with van der Waals surface area (Å²) in [6.07, 6.45) is 0.548. The first-order valence-corrected chi connectivity index (χ1v) is 9.82. The van der Waals surface area contributed by atoms with E-state index in [1.807, 2.05) is 45.0 Å². The largest absolute Gasteiger partial charge is 0.444 e. The van der Waals surface area contributed by atoms with E-state index < -0.39 is 5.60 Å². The number of aromatic nitrogens is 2. The van der Waals surface area contributed by atoms with E-state index in [-0.39, 0.29) is 12.1 Å². The lowest BCUT2D eigenvalue weighted by Crippen LogP contribution is -2.37. The molecule has 1 amide bonds. The van der Waals surface area contributed by atoms with E-state index in [2.05, 4.69) is 27.8 Å². The number of amides is 1. The number of benzene rings is 1. The van der Waals surface area contributed by atoms with Gasteiger partial charge < -0.3 is 9.72 Å². The van der Waals surface area contributed by atoms with Gasteiger partial charge >= 0.3 is 6.09 Å². The minimum atomic E-state index is -0.522. The lowest BCUT2D eigenvalue weighted by molar-refractivity contribution is 0.0214. The number of halogens is 2. The molecule has 26 heavy (non-hydrogen) atoms. The maximum atomic E-state index is 12.6. The maximum absolute atomic E-state index is 12.6. The Morgan fingerprint density at radius 1 is 1.35 bits per heavy atom. The van der Waals surface area contributed by atoms with Gasteiger partial charge in [0.25, 0.3) is 0 Å². The molecule has 2 aromatic rings. The summed E-state index contributed by atoms with van der Waals surface area (Å²) in [7, 11) is 0. The van der Waals surface area contributed by atoms with Crippen LogP contribution in [-0.2, 0) is 4.74 Å². The first kappa shape index (κ1) is 19.2. The van der Waals surface area contributed by atoms with Crippen LogP contribution in [0.3, 0.4) is 0 Å². The number of rotatable bonds is 2. The number of hydrogen-bond acceptors (Lipinski definition) is 3. The molecule has 1 fully saturated rings. The van der Waals surface area contributed by atoms with Crippen molar-refractivity contribution in [1.29, 1.82) is 0 Å². The molecule has 2 heterocycles. The van der Waals surface area contributed by atoms with Crippen molar-refractivity contribution in [3.8, 4) is 11.3 Å². The Morgan fingerprint density at radius 2 is 2.00 bits per heavy atom. The number of nitrogens with zero attached hydrogens (tertiary/aromatic N) is 2. The zero-order valence-electron chi connectivity index (χ0n) is 15.3. The van der Waals surface area contributed by atoms with Crippen LogP contribution in [0.15, 0.2) is 28.9 Å². The Hall–Kier alpha value is -1.53. The van der Waals surface area contributed by atoms with Crippen molar-refractivity contribution in [1.82, 2.24) is 14.9 Å². The monoisotopic (exact) mass is 439 g/mol. The second-order valence-corrected chi connectivity index (χ2v) is 9.01. The first-order valence-electron chi connectivity index (χ1n) is 8.65. The molecular formula is C19H23BrClN3O2. The number of carbonyl (C=O) groups excluding carboxylic acids is 1. The van der Waals surface area contributed by atoms with Gasteiger partial charge in [0.05, 0.1) is 6.04 Å². The van der Waals surface area contributed by atoms with Crippen LogP contribution in [0.4, 0.5) is 4.79 Å². The molecular weight excluding hydrogens is 418 g/mol. The highest BCUT2D eigenvalue weighted by atomic mass is 79.9. The van der Waals surface area contributed by atoms with Crippen molar-refractivity contribution < 1.29 is 9.53 Å². The van der Waals surface area contributed by atoms with Gasteiger partial charge in [-0.15, -0.1) is 0 Å². The summed E-state index contributed by atoms with van der Waals surface area (Å²) in [6, 6.07) is 7.40. The van der Waals surface area contributed by atoms with Crippen LogP contribution in [0.5, 0.6) is 0 Å². The molecule has 140 valence electrons. The van der Waals surface area contributed by atoms with Gasteiger partial charge in [-0.1, -0.05) is 30.7 Å². The van der Waals surface area contributed by atoms with E-state index in [0.29, 0.717) is 17.5 Å². The summed E-state index contributed by atoms with van der Waals surface area (Å²) in [4.78, 5) is 22.4. The van der Waals surface area contributed by atoms with Crippen molar-refractivity contribution in [3.05, 3.63) is 39.7 Å². The minimum Gasteiger partial charge on any atom is -0.444 e. The minimum absolute atomic E-state index is 0.128. The third-order valence-corrected chi connectivity index (χ3v) is 5.08. The summed E-state index contributed by atoms with van der Waals surface area (Å²) < 4.78 is 6.37. The van der Waals surface area contributed by atoms with E-state index in [4.69, 9.17) is 21.3 Å².